The van der Waals surface area contributed by atoms with Crippen molar-refractivity contribution in [2.45, 2.75) is 25.1 Å². The Morgan fingerprint density at radius 3 is 2.71 bits per heavy atom. The monoisotopic (exact) mass is 518 g/mol. The zero-order chi connectivity index (χ0) is 26.6. The fourth-order valence-electron chi connectivity index (χ4n) is 5.30. The fourth-order valence-corrected chi connectivity index (χ4v) is 5.30. The number of hydrogen-bond donors (Lipinski definition) is 2. The van der Waals surface area contributed by atoms with Crippen LogP contribution in [-0.2, 0) is 6.54 Å². The van der Waals surface area contributed by atoms with Crippen molar-refractivity contribution in [3.8, 4) is 17.0 Å². The highest BCUT2D eigenvalue weighted by Gasteiger charge is 2.36. The molecule has 0 saturated carbocycles. The lowest BCUT2D eigenvalue weighted by molar-refractivity contribution is 0.00591. The Labute approximate surface area is 218 Å². The van der Waals surface area contributed by atoms with Crippen molar-refractivity contribution in [1.82, 2.24) is 14.9 Å². The number of carbonyl (C=O) groups is 2. The summed E-state index contributed by atoms with van der Waals surface area (Å²) < 4.78 is 20.3. The van der Waals surface area contributed by atoms with Crippen molar-refractivity contribution >= 4 is 23.5 Å². The Hall–Kier alpha value is -4.09. The Morgan fingerprint density at radius 1 is 1.18 bits per heavy atom. The molecule has 2 aromatic heterocycles. The van der Waals surface area contributed by atoms with E-state index >= 15 is 0 Å². The summed E-state index contributed by atoms with van der Waals surface area (Å²) in [5.41, 5.74) is 8.05. The van der Waals surface area contributed by atoms with E-state index in [-0.39, 0.29) is 43.1 Å². The van der Waals surface area contributed by atoms with Gasteiger partial charge >= 0.3 is 0 Å². The number of aliphatic hydroxyl groups is 1. The molecule has 2 amide bonds. The second-order valence-electron chi connectivity index (χ2n) is 9.79. The van der Waals surface area contributed by atoms with Gasteiger partial charge in [0.05, 0.1) is 36.6 Å². The number of rotatable bonds is 5. The topological polar surface area (TPSA) is 125 Å². The van der Waals surface area contributed by atoms with E-state index in [1.54, 1.807) is 35.2 Å². The number of nitrogens with zero attached hydrogens (tertiary/aromatic N) is 5. The number of β-amino-alcohol motifs (C(OH)–C–C–N with tert-alkyl or cyclic N) is 1. The van der Waals surface area contributed by atoms with E-state index in [1.165, 1.54) is 24.3 Å². The SMILES string of the molecule is COc1cccc(F)c1-c1nccc2c1CN(c1ccc(C(=O)N3CC(O)C3)c(N3CCC(N)C3)n1)C2=O. The van der Waals surface area contributed by atoms with E-state index in [0.717, 1.165) is 6.42 Å². The Kier molecular flexibility index (Phi) is 5.96. The van der Waals surface area contributed by atoms with Gasteiger partial charge in [0.15, 0.2) is 0 Å². The molecule has 0 aliphatic carbocycles. The minimum absolute atomic E-state index is 0.0451. The first kappa shape index (κ1) is 24.3. The maximum atomic E-state index is 14.9. The van der Waals surface area contributed by atoms with Crippen LogP contribution in [0.1, 0.15) is 32.7 Å². The summed E-state index contributed by atoms with van der Waals surface area (Å²) in [5.74, 6) is 0.134. The third-order valence-electron chi connectivity index (χ3n) is 7.32. The molecule has 0 spiro atoms. The average Bonchev–Trinajstić information content (AvgIpc) is 3.49. The third-order valence-corrected chi connectivity index (χ3v) is 7.32. The van der Waals surface area contributed by atoms with Crippen LogP contribution >= 0.6 is 0 Å². The molecular formula is C27H27FN6O4. The van der Waals surface area contributed by atoms with E-state index < -0.39 is 11.9 Å². The van der Waals surface area contributed by atoms with E-state index in [4.69, 9.17) is 15.5 Å². The second kappa shape index (κ2) is 9.34. The van der Waals surface area contributed by atoms with Crippen LogP contribution in [0.3, 0.4) is 0 Å². The van der Waals surface area contributed by atoms with Crippen LogP contribution in [0.4, 0.5) is 16.0 Å². The van der Waals surface area contributed by atoms with Crippen LogP contribution in [0.5, 0.6) is 5.75 Å². The summed E-state index contributed by atoms with van der Waals surface area (Å²) in [6.07, 6.45) is 1.72. The number of ether oxygens (including phenoxy) is 1. The molecule has 2 fully saturated rings. The molecule has 1 unspecified atom stereocenters. The van der Waals surface area contributed by atoms with Gasteiger partial charge in [0.25, 0.3) is 11.8 Å². The quantitative estimate of drug-likeness (QED) is 0.524. The van der Waals surface area contributed by atoms with Crippen molar-refractivity contribution in [3.05, 3.63) is 65.1 Å². The lowest BCUT2D eigenvalue weighted by Crippen LogP contribution is -2.53. The first-order valence-electron chi connectivity index (χ1n) is 12.5. The summed E-state index contributed by atoms with van der Waals surface area (Å²) in [6.45, 7) is 1.85. The van der Waals surface area contributed by atoms with Crippen molar-refractivity contribution in [2.24, 2.45) is 5.73 Å². The summed E-state index contributed by atoms with van der Waals surface area (Å²) >= 11 is 0. The Bertz CT molecular complexity index is 1440. The summed E-state index contributed by atoms with van der Waals surface area (Å²) in [6, 6.07) is 9.41. The van der Waals surface area contributed by atoms with Crippen LogP contribution in [-0.4, -0.2) is 77.2 Å². The number of amides is 2. The molecule has 3 aromatic rings. The van der Waals surface area contributed by atoms with E-state index in [1.807, 2.05) is 4.90 Å². The molecule has 11 heteroatoms. The Balaban J connectivity index is 1.38. The minimum Gasteiger partial charge on any atom is -0.496 e. The number of halogens is 1. The van der Waals surface area contributed by atoms with E-state index in [9.17, 15) is 19.1 Å². The highest BCUT2D eigenvalue weighted by Crippen LogP contribution is 2.39. The van der Waals surface area contributed by atoms with Gasteiger partial charge < -0.3 is 25.4 Å². The third kappa shape index (κ3) is 3.95. The van der Waals surface area contributed by atoms with Crippen molar-refractivity contribution < 1.29 is 23.8 Å². The predicted octanol–water partition coefficient (Wildman–Crippen LogP) is 1.81. The maximum absolute atomic E-state index is 14.9. The number of hydrogen-bond acceptors (Lipinski definition) is 8. The molecule has 3 aliphatic rings. The van der Waals surface area contributed by atoms with Gasteiger partial charge in [-0.1, -0.05) is 6.07 Å². The molecule has 2 saturated heterocycles. The van der Waals surface area contributed by atoms with Gasteiger partial charge in [-0.3, -0.25) is 19.5 Å². The standard InChI is InChI=1S/C27H27FN6O4/c1-38-21-4-2-3-20(28)23(21)24-19-14-34(27(37)17(19)7-9-30-24)22-6-5-18(26(36)33-12-16(35)13-33)25(31-22)32-10-8-15(29)11-32/h2-7,9,15-16,35H,8,10-14,29H2,1H3. The van der Waals surface area contributed by atoms with E-state index in [0.29, 0.717) is 52.9 Å². The molecule has 0 bridgehead atoms. The van der Waals surface area contributed by atoms with Crippen molar-refractivity contribution in [2.75, 3.05) is 43.1 Å². The number of likely N-dealkylation sites (tertiary alicyclic amines) is 1. The van der Waals surface area contributed by atoms with Gasteiger partial charge in [0.1, 0.15) is 23.2 Å². The zero-order valence-electron chi connectivity index (χ0n) is 20.8. The first-order chi connectivity index (χ1) is 18.4. The predicted molar refractivity (Wildman–Crippen MR) is 138 cm³/mol. The lowest BCUT2D eigenvalue weighted by atomic mass is 10.0. The smallest absolute Gasteiger partial charge is 0.260 e. The molecule has 10 nitrogen and oxygen atoms in total. The zero-order valence-corrected chi connectivity index (χ0v) is 20.8. The van der Waals surface area contributed by atoms with Crippen LogP contribution in [0, 0.1) is 5.82 Å². The van der Waals surface area contributed by atoms with Crippen LogP contribution in [0.15, 0.2) is 42.6 Å². The van der Waals surface area contributed by atoms with Gasteiger partial charge in [-0.2, -0.15) is 0 Å². The number of fused-ring (bicyclic) bond motifs is 1. The van der Waals surface area contributed by atoms with Crippen LogP contribution in [0.25, 0.3) is 11.3 Å². The highest BCUT2D eigenvalue weighted by atomic mass is 19.1. The molecule has 3 aliphatic heterocycles. The Morgan fingerprint density at radius 2 is 2.00 bits per heavy atom. The van der Waals surface area contributed by atoms with Gasteiger partial charge in [-0.05, 0) is 36.8 Å². The number of methoxy groups -OCH3 is 1. The van der Waals surface area contributed by atoms with Gasteiger partial charge in [0.2, 0.25) is 0 Å². The maximum Gasteiger partial charge on any atom is 0.260 e. The van der Waals surface area contributed by atoms with Gasteiger partial charge in [0, 0.05) is 49.5 Å². The first-order valence-corrected chi connectivity index (χ1v) is 12.5. The number of pyridine rings is 2. The number of carbonyl (C=O) groups excluding carboxylic acids is 2. The molecule has 3 N–H and O–H groups in total. The van der Waals surface area contributed by atoms with E-state index in [2.05, 4.69) is 4.98 Å². The number of aromatic nitrogens is 2. The van der Waals surface area contributed by atoms with Crippen molar-refractivity contribution in [3.63, 3.8) is 0 Å². The molecule has 0 radical (unpaired) electrons. The summed E-state index contributed by atoms with van der Waals surface area (Å²) in [4.78, 5) is 40.9. The summed E-state index contributed by atoms with van der Waals surface area (Å²) in [5, 5.41) is 9.67. The van der Waals surface area contributed by atoms with Gasteiger partial charge in [-0.15, -0.1) is 0 Å². The molecule has 1 aromatic carbocycles. The summed E-state index contributed by atoms with van der Waals surface area (Å²) in [7, 11) is 1.46. The highest BCUT2D eigenvalue weighted by molar-refractivity contribution is 6.11. The molecule has 196 valence electrons. The van der Waals surface area contributed by atoms with Crippen LogP contribution in [0.2, 0.25) is 0 Å². The molecule has 5 heterocycles. The molecular weight excluding hydrogens is 491 g/mol. The molecule has 38 heavy (non-hydrogen) atoms. The van der Waals surface area contributed by atoms with Gasteiger partial charge in [-0.25, -0.2) is 9.37 Å². The average molecular weight is 519 g/mol. The molecule has 1 atom stereocenters. The number of aliphatic hydroxyl groups excluding tert-OH is 1. The minimum atomic E-state index is -0.522. The van der Waals surface area contributed by atoms with Crippen molar-refractivity contribution in [1.29, 1.82) is 0 Å². The number of nitrogens with two attached hydrogens (primary N) is 1. The largest absolute Gasteiger partial charge is 0.496 e. The van der Waals surface area contributed by atoms with Crippen LogP contribution < -0.4 is 20.3 Å². The molecule has 6 rings (SSSR count). The number of anilines is 2. The lowest BCUT2D eigenvalue weighted by Gasteiger charge is -2.36. The fraction of sp³-hybridized carbons (Fsp3) is 0.333. The number of benzene rings is 1. The normalized spacial score (nSPS) is 19.1. The second-order valence-corrected chi connectivity index (χ2v) is 9.79.